The second-order valence-corrected chi connectivity index (χ2v) is 7.75. The molecule has 3 heterocycles. The highest BCUT2D eigenvalue weighted by atomic mass is 32.1. The van der Waals surface area contributed by atoms with Gasteiger partial charge in [-0.25, -0.2) is 4.98 Å². The number of hydrogen-bond acceptors (Lipinski definition) is 6. The summed E-state index contributed by atoms with van der Waals surface area (Å²) in [4.78, 5) is 5.89. The van der Waals surface area contributed by atoms with E-state index in [0.717, 1.165) is 22.9 Å². The first-order valence-corrected chi connectivity index (χ1v) is 10.1. The molecular formula is C19H20N2O2S2. The fraction of sp³-hybridized carbons (Fsp3) is 0.316. The number of thiazole rings is 1. The van der Waals surface area contributed by atoms with E-state index >= 15 is 0 Å². The van der Waals surface area contributed by atoms with E-state index in [1.807, 2.05) is 24.6 Å². The first-order chi connectivity index (χ1) is 12.3. The molecule has 1 N–H and O–H groups in total. The average Bonchev–Trinajstić information content (AvgIpc) is 3.33. The van der Waals surface area contributed by atoms with E-state index in [0.29, 0.717) is 6.61 Å². The van der Waals surface area contributed by atoms with Crippen LogP contribution in [0.4, 0.5) is 0 Å². The number of benzene rings is 1. The molecule has 0 unspecified atom stereocenters. The molecule has 2 aromatic heterocycles. The van der Waals surface area contributed by atoms with Crippen LogP contribution >= 0.6 is 22.7 Å². The maximum atomic E-state index is 5.65. The summed E-state index contributed by atoms with van der Waals surface area (Å²) in [6, 6.07) is 8.82. The molecule has 130 valence electrons. The minimum Gasteiger partial charge on any atom is -0.493 e. The van der Waals surface area contributed by atoms with Crippen molar-refractivity contribution in [2.24, 2.45) is 0 Å². The molecule has 1 aliphatic rings. The van der Waals surface area contributed by atoms with Crippen molar-refractivity contribution in [1.82, 2.24) is 10.3 Å². The fourth-order valence-electron chi connectivity index (χ4n) is 3.28. The molecule has 0 aliphatic carbocycles. The minimum absolute atomic E-state index is 0.141. The topological polar surface area (TPSA) is 43.4 Å². The molecule has 6 heteroatoms. The van der Waals surface area contributed by atoms with E-state index in [1.54, 1.807) is 29.8 Å². The summed E-state index contributed by atoms with van der Waals surface area (Å²) in [7, 11) is 1.69. The van der Waals surface area contributed by atoms with E-state index in [9.17, 15) is 0 Å². The molecule has 0 amide bonds. The normalized spacial score (nSPS) is 19.4. The van der Waals surface area contributed by atoms with Crippen LogP contribution in [0.3, 0.4) is 0 Å². The molecule has 4 nitrogen and oxygen atoms in total. The lowest BCUT2D eigenvalue weighted by molar-refractivity contribution is 0.310. The zero-order valence-electron chi connectivity index (χ0n) is 14.2. The quantitative estimate of drug-likeness (QED) is 0.711. The lowest BCUT2D eigenvalue weighted by Crippen LogP contribution is -2.33. The van der Waals surface area contributed by atoms with Crippen LogP contribution in [0, 0.1) is 0 Å². The van der Waals surface area contributed by atoms with Crippen LogP contribution in [0.2, 0.25) is 0 Å². The van der Waals surface area contributed by atoms with Gasteiger partial charge in [0.1, 0.15) is 5.01 Å². The summed E-state index contributed by atoms with van der Waals surface area (Å²) in [5, 5.41) is 9.13. The third-order valence-corrected chi connectivity index (χ3v) is 6.32. The van der Waals surface area contributed by atoms with E-state index in [1.165, 1.54) is 16.0 Å². The molecule has 2 atom stereocenters. The number of nitrogens with one attached hydrogen (secondary N) is 1. The van der Waals surface area contributed by atoms with Crippen molar-refractivity contribution >= 4 is 22.7 Å². The number of aromatic nitrogens is 1. The average molecular weight is 373 g/mol. The van der Waals surface area contributed by atoms with Gasteiger partial charge in [0.2, 0.25) is 0 Å². The molecule has 0 saturated carbocycles. The van der Waals surface area contributed by atoms with Gasteiger partial charge < -0.3 is 9.47 Å². The summed E-state index contributed by atoms with van der Waals surface area (Å²) >= 11 is 3.51. The molecule has 0 radical (unpaired) electrons. The van der Waals surface area contributed by atoms with E-state index in [2.05, 4.69) is 33.9 Å². The molecule has 25 heavy (non-hydrogen) atoms. The number of fused-ring (bicyclic) bond motifs is 1. The molecule has 1 aromatic carbocycles. The van der Waals surface area contributed by atoms with Gasteiger partial charge in [0.25, 0.3) is 0 Å². The van der Waals surface area contributed by atoms with Gasteiger partial charge in [0.15, 0.2) is 11.5 Å². The van der Waals surface area contributed by atoms with Crippen LogP contribution in [0.1, 0.15) is 40.0 Å². The van der Waals surface area contributed by atoms with Crippen molar-refractivity contribution < 1.29 is 9.47 Å². The zero-order valence-corrected chi connectivity index (χ0v) is 15.8. The van der Waals surface area contributed by atoms with Gasteiger partial charge in [-0.3, -0.25) is 5.32 Å². The largest absolute Gasteiger partial charge is 0.493 e. The van der Waals surface area contributed by atoms with Gasteiger partial charge >= 0.3 is 0 Å². The molecule has 0 fully saturated rings. The second-order valence-electron chi connectivity index (χ2n) is 5.88. The first-order valence-electron chi connectivity index (χ1n) is 8.32. The van der Waals surface area contributed by atoms with Crippen LogP contribution in [-0.2, 0) is 6.42 Å². The van der Waals surface area contributed by atoms with E-state index in [-0.39, 0.29) is 12.1 Å². The van der Waals surface area contributed by atoms with Crippen LogP contribution in [0.15, 0.2) is 41.2 Å². The highest BCUT2D eigenvalue weighted by Gasteiger charge is 2.31. The number of thiophene rings is 1. The van der Waals surface area contributed by atoms with Gasteiger partial charge in [0.05, 0.1) is 25.8 Å². The molecule has 0 saturated heterocycles. The summed E-state index contributed by atoms with van der Waals surface area (Å²) < 4.78 is 11.2. The molecule has 0 spiro atoms. The lowest BCUT2D eigenvalue weighted by atomic mass is 9.93. The third-order valence-electron chi connectivity index (χ3n) is 4.41. The fourth-order valence-corrected chi connectivity index (χ4v) is 5.00. The first kappa shape index (κ1) is 16.6. The monoisotopic (exact) mass is 372 g/mol. The smallest absolute Gasteiger partial charge is 0.161 e. The van der Waals surface area contributed by atoms with Crippen LogP contribution < -0.4 is 14.8 Å². The molecule has 1 aliphatic heterocycles. The Balaban J connectivity index is 1.71. The molecule has 0 bridgehead atoms. The van der Waals surface area contributed by atoms with E-state index < -0.39 is 0 Å². The maximum absolute atomic E-state index is 5.65. The predicted molar refractivity (Wildman–Crippen MR) is 102 cm³/mol. The van der Waals surface area contributed by atoms with Gasteiger partial charge in [-0.1, -0.05) is 6.07 Å². The summed E-state index contributed by atoms with van der Waals surface area (Å²) in [5.74, 6) is 1.56. The lowest BCUT2D eigenvalue weighted by Gasteiger charge is -2.30. The second kappa shape index (κ2) is 7.15. The third kappa shape index (κ3) is 3.17. The Labute approximate surface area is 155 Å². The van der Waals surface area contributed by atoms with Crippen molar-refractivity contribution in [3.8, 4) is 11.5 Å². The minimum atomic E-state index is 0.141. The Kier molecular flexibility index (Phi) is 4.74. The Hall–Kier alpha value is -1.89. The highest BCUT2D eigenvalue weighted by molar-refractivity contribution is 7.10. The highest BCUT2D eigenvalue weighted by Crippen LogP contribution is 2.41. The number of methoxy groups -OCH3 is 1. The van der Waals surface area contributed by atoms with Gasteiger partial charge in [-0.2, -0.15) is 0 Å². The Bertz CT molecular complexity index is 845. The Morgan fingerprint density at radius 3 is 2.88 bits per heavy atom. The van der Waals surface area contributed by atoms with E-state index in [4.69, 9.17) is 9.47 Å². The SMILES string of the molecule is CCOc1ccc([C@@H]2N[C@H](c3nccs3)Cc3ccsc32)cc1OC. The van der Waals surface area contributed by atoms with Crippen molar-refractivity contribution in [2.75, 3.05) is 13.7 Å². The Morgan fingerprint density at radius 1 is 1.20 bits per heavy atom. The Morgan fingerprint density at radius 2 is 2.12 bits per heavy atom. The molecular weight excluding hydrogens is 352 g/mol. The van der Waals surface area contributed by atoms with Crippen molar-refractivity contribution in [3.63, 3.8) is 0 Å². The summed E-state index contributed by atoms with van der Waals surface area (Å²) in [5.41, 5.74) is 2.59. The zero-order chi connectivity index (χ0) is 17.2. The standard InChI is InChI=1S/C19H20N2O2S2/c1-3-23-15-5-4-12(11-16(15)22-2)17-18-13(6-8-24-18)10-14(21-17)19-20-7-9-25-19/h4-9,11,14,17,21H,3,10H2,1-2H3/t14-,17-/m0/s1. The number of nitrogens with zero attached hydrogens (tertiary/aromatic N) is 1. The summed E-state index contributed by atoms with van der Waals surface area (Å²) in [6.07, 6.45) is 2.86. The van der Waals surface area contributed by atoms with Gasteiger partial charge in [-0.15, -0.1) is 22.7 Å². The maximum Gasteiger partial charge on any atom is 0.161 e. The van der Waals surface area contributed by atoms with Crippen molar-refractivity contribution in [3.05, 3.63) is 62.2 Å². The summed E-state index contributed by atoms with van der Waals surface area (Å²) in [6.45, 7) is 2.60. The van der Waals surface area contributed by atoms with Crippen LogP contribution in [0.5, 0.6) is 11.5 Å². The number of hydrogen-bond donors (Lipinski definition) is 1. The predicted octanol–water partition coefficient (Wildman–Crippen LogP) is 4.59. The van der Waals surface area contributed by atoms with Crippen LogP contribution in [0.25, 0.3) is 0 Å². The van der Waals surface area contributed by atoms with Crippen LogP contribution in [-0.4, -0.2) is 18.7 Å². The van der Waals surface area contributed by atoms with Gasteiger partial charge in [0, 0.05) is 16.5 Å². The number of ether oxygens (including phenoxy) is 2. The van der Waals surface area contributed by atoms with Gasteiger partial charge in [-0.05, 0) is 48.1 Å². The number of rotatable bonds is 5. The van der Waals surface area contributed by atoms with Crippen molar-refractivity contribution in [1.29, 1.82) is 0 Å². The molecule has 4 rings (SSSR count). The van der Waals surface area contributed by atoms with Crippen molar-refractivity contribution in [2.45, 2.75) is 25.4 Å². The molecule has 3 aromatic rings.